The minimum atomic E-state index is -0.309. The zero-order valence-electron chi connectivity index (χ0n) is 5.02. The number of nitrogens with two attached hydrogens (primary N) is 1. The molecular weight excluding hydrogens is 107 g/mol. The molecule has 0 heterocycles. The van der Waals surface area contributed by atoms with Crippen molar-refractivity contribution in [3.63, 3.8) is 0 Å². The van der Waals surface area contributed by atoms with Gasteiger partial charge in [-0.05, 0) is 6.42 Å². The lowest BCUT2D eigenvalue weighted by Gasteiger charge is -1.92. The summed E-state index contributed by atoms with van der Waals surface area (Å²) in [5, 5.41) is 0. The monoisotopic (exact) mass is 118 g/mol. The van der Waals surface area contributed by atoms with Gasteiger partial charge in [0.25, 0.3) is 0 Å². The first-order chi connectivity index (χ1) is 3.81. The smallest absolute Gasteiger partial charge is 0.0934 e. The molecule has 0 aliphatic heterocycles. The van der Waals surface area contributed by atoms with E-state index in [1.54, 1.807) is 7.05 Å². The second-order valence-electron chi connectivity index (χ2n) is 1.51. The Labute approximate surface area is 48.6 Å². The minimum absolute atomic E-state index is 0.309. The average molecular weight is 118 g/mol. The Morgan fingerprint density at radius 2 is 2.38 bits per heavy atom. The van der Waals surface area contributed by atoms with Crippen LogP contribution in [0.5, 0.6) is 0 Å². The third kappa shape index (κ3) is 3.59. The summed E-state index contributed by atoms with van der Waals surface area (Å²) in [6.07, 6.45) is 1.07. The highest BCUT2D eigenvalue weighted by atomic mass is 19.1. The molecule has 0 aromatic carbocycles. The van der Waals surface area contributed by atoms with Crippen LogP contribution in [0.2, 0.25) is 0 Å². The fourth-order valence-corrected chi connectivity index (χ4v) is 0.360. The van der Waals surface area contributed by atoms with Crippen LogP contribution < -0.4 is 5.73 Å². The molecule has 0 bridgehead atoms. The molecule has 2 N–H and O–H groups in total. The van der Waals surface area contributed by atoms with Crippen LogP contribution in [-0.4, -0.2) is 19.6 Å². The molecular formula is C5H11FN2. The van der Waals surface area contributed by atoms with Gasteiger partial charge in [0.05, 0.1) is 12.5 Å². The van der Waals surface area contributed by atoms with Crippen molar-refractivity contribution in [2.75, 3.05) is 13.7 Å². The summed E-state index contributed by atoms with van der Waals surface area (Å²) in [5.74, 6) is 0.530. The Balaban J connectivity index is 3.12. The predicted molar refractivity (Wildman–Crippen MR) is 32.8 cm³/mol. The molecule has 0 fully saturated rings. The minimum Gasteiger partial charge on any atom is -0.387 e. The number of amidine groups is 1. The van der Waals surface area contributed by atoms with Gasteiger partial charge in [-0.2, -0.15) is 0 Å². The van der Waals surface area contributed by atoms with Crippen LogP contribution in [0.1, 0.15) is 12.8 Å². The molecule has 48 valence electrons. The van der Waals surface area contributed by atoms with Gasteiger partial charge in [-0.25, -0.2) is 0 Å². The van der Waals surface area contributed by atoms with Crippen molar-refractivity contribution in [3.8, 4) is 0 Å². The summed E-state index contributed by atoms with van der Waals surface area (Å²) in [4.78, 5) is 3.65. The maximum atomic E-state index is 11.4. The first-order valence-electron chi connectivity index (χ1n) is 2.58. The molecule has 0 amide bonds. The molecule has 2 nitrogen and oxygen atoms in total. The summed E-state index contributed by atoms with van der Waals surface area (Å²) in [5.41, 5.74) is 5.24. The van der Waals surface area contributed by atoms with E-state index in [1.807, 2.05) is 0 Å². The Kier molecular flexibility index (Phi) is 4.21. The molecule has 3 heteroatoms. The topological polar surface area (TPSA) is 38.4 Å². The fourth-order valence-electron chi connectivity index (χ4n) is 0.360. The Bertz CT molecular complexity index is 80.5. The zero-order valence-corrected chi connectivity index (χ0v) is 5.02. The first-order valence-corrected chi connectivity index (χ1v) is 2.58. The van der Waals surface area contributed by atoms with E-state index < -0.39 is 0 Å². The molecule has 0 aromatic heterocycles. The van der Waals surface area contributed by atoms with Crippen molar-refractivity contribution < 1.29 is 4.39 Å². The molecule has 0 radical (unpaired) electrons. The largest absolute Gasteiger partial charge is 0.387 e. The molecule has 0 spiro atoms. The highest BCUT2D eigenvalue weighted by molar-refractivity contribution is 5.79. The van der Waals surface area contributed by atoms with Crippen molar-refractivity contribution in [2.24, 2.45) is 10.7 Å². The van der Waals surface area contributed by atoms with E-state index >= 15 is 0 Å². The van der Waals surface area contributed by atoms with Crippen molar-refractivity contribution >= 4 is 5.84 Å². The highest BCUT2D eigenvalue weighted by Gasteiger charge is 1.88. The van der Waals surface area contributed by atoms with E-state index in [1.165, 1.54) is 0 Å². The standard InChI is InChI=1S/C5H11FN2/c1-8-5(7)3-2-4-6/h2-4H2,1H3,(H2,7,8). The molecule has 0 atom stereocenters. The Morgan fingerprint density at radius 1 is 1.75 bits per heavy atom. The first kappa shape index (κ1) is 7.40. The number of hydrogen-bond donors (Lipinski definition) is 1. The number of nitrogens with zero attached hydrogens (tertiary/aromatic N) is 1. The van der Waals surface area contributed by atoms with Crippen molar-refractivity contribution in [2.45, 2.75) is 12.8 Å². The summed E-state index contributed by atoms with van der Waals surface area (Å²) < 4.78 is 11.4. The van der Waals surface area contributed by atoms with Gasteiger partial charge < -0.3 is 5.73 Å². The third-order valence-electron chi connectivity index (χ3n) is 0.854. The maximum Gasteiger partial charge on any atom is 0.0934 e. The Morgan fingerprint density at radius 3 is 2.75 bits per heavy atom. The van der Waals surface area contributed by atoms with E-state index in [9.17, 15) is 4.39 Å². The van der Waals surface area contributed by atoms with Crippen molar-refractivity contribution in [1.29, 1.82) is 0 Å². The summed E-state index contributed by atoms with van der Waals surface area (Å²) >= 11 is 0. The lowest BCUT2D eigenvalue weighted by Crippen LogP contribution is -2.10. The molecule has 0 saturated carbocycles. The molecule has 8 heavy (non-hydrogen) atoms. The number of aliphatic imine (C=N–C) groups is 1. The summed E-state index contributed by atoms with van der Waals surface area (Å²) in [6.45, 7) is -0.309. The number of rotatable bonds is 3. The van der Waals surface area contributed by atoms with Crippen LogP contribution in [-0.2, 0) is 0 Å². The van der Waals surface area contributed by atoms with Gasteiger partial charge in [-0.15, -0.1) is 0 Å². The van der Waals surface area contributed by atoms with E-state index in [-0.39, 0.29) is 6.67 Å². The molecule has 0 rings (SSSR count). The molecule has 0 saturated heterocycles. The quantitative estimate of drug-likeness (QED) is 0.430. The summed E-state index contributed by atoms with van der Waals surface area (Å²) in [7, 11) is 1.60. The molecule has 0 aromatic rings. The fraction of sp³-hybridized carbons (Fsp3) is 0.800. The molecule has 0 unspecified atom stereocenters. The molecule has 0 aliphatic rings. The van der Waals surface area contributed by atoms with Crippen molar-refractivity contribution in [1.82, 2.24) is 0 Å². The van der Waals surface area contributed by atoms with E-state index in [2.05, 4.69) is 4.99 Å². The van der Waals surface area contributed by atoms with E-state index in [0.29, 0.717) is 18.7 Å². The van der Waals surface area contributed by atoms with E-state index in [0.717, 1.165) is 0 Å². The number of hydrogen-bond acceptors (Lipinski definition) is 1. The van der Waals surface area contributed by atoms with Gasteiger partial charge in [0.1, 0.15) is 0 Å². The third-order valence-corrected chi connectivity index (χ3v) is 0.854. The maximum absolute atomic E-state index is 11.4. The zero-order chi connectivity index (χ0) is 6.41. The molecule has 0 aliphatic carbocycles. The lowest BCUT2D eigenvalue weighted by atomic mass is 10.3. The summed E-state index contributed by atoms with van der Waals surface area (Å²) in [6, 6.07) is 0. The van der Waals surface area contributed by atoms with Crippen LogP contribution in [0, 0.1) is 0 Å². The van der Waals surface area contributed by atoms with Crippen LogP contribution >= 0.6 is 0 Å². The van der Waals surface area contributed by atoms with Crippen LogP contribution in [0.3, 0.4) is 0 Å². The highest BCUT2D eigenvalue weighted by Crippen LogP contribution is 1.87. The van der Waals surface area contributed by atoms with Crippen LogP contribution in [0.15, 0.2) is 4.99 Å². The van der Waals surface area contributed by atoms with Gasteiger partial charge in [-0.3, -0.25) is 9.38 Å². The number of halogens is 1. The normalized spacial score (nSPS) is 12.0. The Hall–Kier alpha value is -0.600. The van der Waals surface area contributed by atoms with Gasteiger partial charge in [-0.1, -0.05) is 0 Å². The van der Waals surface area contributed by atoms with E-state index in [4.69, 9.17) is 5.73 Å². The predicted octanol–water partition coefficient (Wildman–Crippen LogP) is 0.723. The van der Waals surface area contributed by atoms with Crippen LogP contribution in [0.4, 0.5) is 4.39 Å². The van der Waals surface area contributed by atoms with Gasteiger partial charge in [0.15, 0.2) is 0 Å². The second kappa shape index (κ2) is 4.56. The van der Waals surface area contributed by atoms with Crippen LogP contribution in [0.25, 0.3) is 0 Å². The van der Waals surface area contributed by atoms with Gasteiger partial charge in [0.2, 0.25) is 0 Å². The van der Waals surface area contributed by atoms with Gasteiger partial charge in [0, 0.05) is 13.5 Å². The van der Waals surface area contributed by atoms with Gasteiger partial charge >= 0.3 is 0 Å². The SMILES string of the molecule is CN=C(N)CCCF. The number of alkyl halides is 1. The second-order valence-corrected chi connectivity index (χ2v) is 1.51. The average Bonchev–Trinajstić information content (AvgIpc) is 1.83. The lowest BCUT2D eigenvalue weighted by molar-refractivity contribution is 0.478. The van der Waals surface area contributed by atoms with Crippen molar-refractivity contribution in [3.05, 3.63) is 0 Å².